The van der Waals surface area contributed by atoms with Gasteiger partial charge in [0.25, 0.3) is 5.69 Å². The lowest BCUT2D eigenvalue weighted by molar-refractivity contribution is -0.384. The molecule has 1 N–H and O–H groups in total. The van der Waals surface area contributed by atoms with Crippen LogP contribution in [0.15, 0.2) is 42.5 Å². The maximum Gasteiger partial charge on any atom is 0.273 e. The highest BCUT2D eigenvalue weighted by molar-refractivity contribution is 5.91. The monoisotopic (exact) mass is 340 g/mol. The Hall–Kier alpha value is -3.09. The first-order valence-electron chi connectivity index (χ1n) is 7.95. The van der Waals surface area contributed by atoms with Crippen molar-refractivity contribution in [2.75, 3.05) is 12.4 Å². The summed E-state index contributed by atoms with van der Waals surface area (Å²) in [7, 11) is 1.60. The summed E-state index contributed by atoms with van der Waals surface area (Å²) in [5.41, 5.74) is 1.54. The number of non-ortho nitro benzene ring substituents is 1. The number of anilines is 1. The minimum atomic E-state index is -0.463. The van der Waals surface area contributed by atoms with Gasteiger partial charge in [-0.05, 0) is 23.8 Å². The number of fused-ring (bicyclic) bond motifs is 2. The van der Waals surface area contributed by atoms with Crippen molar-refractivity contribution in [3.8, 4) is 11.5 Å². The molecule has 1 saturated carbocycles. The summed E-state index contributed by atoms with van der Waals surface area (Å²) in [5.74, 6) is 0.920. The lowest BCUT2D eigenvalue weighted by Gasteiger charge is -2.32. The molecule has 1 fully saturated rings. The summed E-state index contributed by atoms with van der Waals surface area (Å²) in [4.78, 5) is 23.0. The first-order valence-corrected chi connectivity index (χ1v) is 7.95. The predicted octanol–water partition coefficient (Wildman–Crippen LogP) is 2.90. The highest BCUT2D eigenvalue weighted by Gasteiger charge is 2.47. The summed E-state index contributed by atoms with van der Waals surface area (Å²) in [6.07, 6.45) is -0.0645. The fourth-order valence-corrected chi connectivity index (χ4v) is 3.55. The Morgan fingerprint density at radius 1 is 1.24 bits per heavy atom. The number of benzene rings is 2. The van der Waals surface area contributed by atoms with Gasteiger partial charge in [-0.3, -0.25) is 14.9 Å². The van der Waals surface area contributed by atoms with E-state index in [1.807, 2.05) is 24.3 Å². The van der Waals surface area contributed by atoms with Gasteiger partial charge in [0.2, 0.25) is 0 Å². The van der Waals surface area contributed by atoms with Crippen LogP contribution >= 0.6 is 0 Å². The molecule has 0 amide bonds. The minimum Gasteiger partial charge on any atom is -0.497 e. The van der Waals surface area contributed by atoms with Gasteiger partial charge in [0.1, 0.15) is 23.4 Å². The van der Waals surface area contributed by atoms with E-state index >= 15 is 0 Å². The predicted molar refractivity (Wildman–Crippen MR) is 90.3 cm³/mol. The van der Waals surface area contributed by atoms with Crippen LogP contribution in [0, 0.1) is 10.1 Å². The number of hydrogen-bond acceptors (Lipinski definition) is 6. The van der Waals surface area contributed by atoms with Gasteiger partial charge in [-0.1, -0.05) is 12.1 Å². The van der Waals surface area contributed by atoms with Crippen molar-refractivity contribution in [2.24, 2.45) is 0 Å². The molecule has 2 aromatic rings. The van der Waals surface area contributed by atoms with Crippen molar-refractivity contribution in [3.05, 3.63) is 58.1 Å². The molecular formula is C18H16N2O5. The summed E-state index contributed by atoms with van der Waals surface area (Å²) < 4.78 is 11.1. The number of nitrogens with one attached hydrogen (secondary N) is 1. The van der Waals surface area contributed by atoms with Crippen molar-refractivity contribution in [1.29, 1.82) is 0 Å². The van der Waals surface area contributed by atoms with E-state index in [1.54, 1.807) is 13.2 Å². The molecule has 0 unspecified atom stereocenters. The fraction of sp³-hybridized carbons (Fsp3) is 0.278. The molecule has 0 saturated heterocycles. The number of methoxy groups -OCH3 is 1. The van der Waals surface area contributed by atoms with Gasteiger partial charge in [0, 0.05) is 12.5 Å². The summed E-state index contributed by atoms with van der Waals surface area (Å²) in [6, 6.07) is 11.7. The van der Waals surface area contributed by atoms with Gasteiger partial charge in [0.05, 0.1) is 35.7 Å². The Balaban J connectivity index is 1.65. The SMILES string of the molecule is COc1ccc([C@@H]2C(=O)C[C@H]3Oc4cc([N+](=O)[O-])ccc4N[C@H]32)cc1. The van der Waals surface area contributed by atoms with E-state index in [9.17, 15) is 14.9 Å². The Bertz CT molecular complexity index is 849. The molecule has 7 heteroatoms. The standard InChI is InChI=1S/C18H16N2O5/c1-24-12-5-2-10(3-6-12)17-14(21)9-16-18(17)19-13-7-4-11(20(22)23)8-15(13)25-16/h2-8,16-19H,9H2,1H3/t16-,17-,18-/m1/s1. The molecule has 3 atom stereocenters. The van der Waals surface area contributed by atoms with Crippen LogP contribution in [-0.4, -0.2) is 30.0 Å². The summed E-state index contributed by atoms with van der Waals surface area (Å²) >= 11 is 0. The van der Waals surface area contributed by atoms with Crippen molar-refractivity contribution >= 4 is 17.2 Å². The second-order valence-electron chi connectivity index (χ2n) is 6.19. The van der Waals surface area contributed by atoms with Crippen LogP contribution in [0.4, 0.5) is 11.4 Å². The molecule has 128 valence electrons. The normalized spacial score (nSPS) is 23.9. The van der Waals surface area contributed by atoms with E-state index < -0.39 is 4.92 Å². The highest BCUT2D eigenvalue weighted by atomic mass is 16.6. The third kappa shape index (κ3) is 2.57. The number of nitrogens with zero attached hydrogens (tertiary/aromatic N) is 1. The van der Waals surface area contributed by atoms with Crippen LogP contribution in [0.1, 0.15) is 17.9 Å². The van der Waals surface area contributed by atoms with Crippen LogP contribution in [-0.2, 0) is 4.79 Å². The molecule has 0 radical (unpaired) electrons. The Labute approximate surface area is 143 Å². The van der Waals surface area contributed by atoms with Gasteiger partial charge in [-0.15, -0.1) is 0 Å². The van der Waals surface area contributed by atoms with Crippen LogP contribution in [0.5, 0.6) is 11.5 Å². The first-order chi connectivity index (χ1) is 12.1. The Kier molecular flexibility index (Phi) is 3.56. The number of carbonyl (C=O) groups is 1. The zero-order valence-electron chi connectivity index (χ0n) is 13.5. The minimum absolute atomic E-state index is 0.0324. The molecule has 2 aliphatic rings. The lowest BCUT2D eigenvalue weighted by Crippen LogP contribution is -2.40. The molecule has 1 aliphatic carbocycles. The van der Waals surface area contributed by atoms with E-state index in [4.69, 9.17) is 9.47 Å². The molecule has 1 aliphatic heterocycles. The lowest BCUT2D eigenvalue weighted by atomic mass is 9.92. The number of rotatable bonds is 3. The Morgan fingerprint density at radius 3 is 2.68 bits per heavy atom. The van der Waals surface area contributed by atoms with Crippen molar-refractivity contribution in [2.45, 2.75) is 24.5 Å². The molecule has 0 aromatic heterocycles. The number of Topliss-reactive ketones (excluding diaryl/α,β-unsaturated/α-hetero) is 1. The van der Waals surface area contributed by atoms with E-state index in [0.717, 1.165) is 11.3 Å². The maximum absolute atomic E-state index is 12.6. The van der Waals surface area contributed by atoms with Crippen LogP contribution in [0.2, 0.25) is 0 Å². The molecule has 2 aromatic carbocycles. The van der Waals surface area contributed by atoms with Crippen molar-refractivity contribution < 1.29 is 19.2 Å². The second-order valence-corrected chi connectivity index (χ2v) is 6.19. The first kappa shape index (κ1) is 15.4. The van der Waals surface area contributed by atoms with Gasteiger partial charge < -0.3 is 14.8 Å². The molecule has 7 nitrogen and oxygen atoms in total. The maximum atomic E-state index is 12.6. The molecule has 0 bridgehead atoms. The Morgan fingerprint density at radius 2 is 2.00 bits per heavy atom. The molecule has 4 rings (SSSR count). The number of ketones is 1. The largest absolute Gasteiger partial charge is 0.497 e. The van der Waals surface area contributed by atoms with E-state index in [-0.39, 0.29) is 36.0 Å². The van der Waals surface area contributed by atoms with Crippen LogP contribution in [0.25, 0.3) is 0 Å². The van der Waals surface area contributed by atoms with Gasteiger partial charge >= 0.3 is 0 Å². The quantitative estimate of drug-likeness (QED) is 0.682. The van der Waals surface area contributed by atoms with Gasteiger partial charge in [-0.2, -0.15) is 0 Å². The molecule has 25 heavy (non-hydrogen) atoms. The van der Waals surface area contributed by atoms with Crippen LogP contribution < -0.4 is 14.8 Å². The fourth-order valence-electron chi connectivity index (χ4n) is 3.55. The summed E-state index contributed by atoms with van der Waals surface area (Å²) in [6.45, 7) is 0. The zero-order valence-corrected chi connectivity index (χ0v) is 13.5. The third-order valence-corrected chi connectivity index (χ3v) is 4.76. The van der Waals surface area contributed by atoms with Crippen LogP contribution in [0.3, 0.4) is 0 Å². The average molecular weight is 340 g/mol. The second kappa shape index (κ2) is 5.77. The molecule has 1 heterocycles. The average Bonchev–Trinajstić information content (AvgIpc) is 2.93. The smallest absolute Gasteiger partial charge is 0.273 e. The molecule has 0 spiro atoms. The zero-order chi connectivity index (χ0) is 17.6. The number of nitro benzene ring substituents is 1. The van der Waals surface area contributed by atoms with Gasteiger partial charge in [0.15, 0.2) is 0 Å². The van der Waals surface area contributed by atoms with Crippen molar-refractivity contribution in [3.63, 3.8) is 0 Å². The van der Waals surface area contributed by atoms with Crippen molar-refractivity contribution in [1.82, 2.24) is 0 Å². The summed E-state index contributed by atoms with van der Waals surface area (Å²) in [5, 5.41) is 14.3. The van der Waals surface area contributed by atoms with E-state index in [1.165, 1.54) is 12.1 Å². The number of hydrogen-bond donors (Lipinski definition) is 1. The topological polar surface area (TPSA) is 90.7 Å². The van der Waals surface area contributed by atoms with E-state index in [0.29, 0.717) is 11.4 Å². The third-order valence-electron chi connectivity index (χ3n) is 4.76. The number of nitro groups is 1. The highest BCUT2D eigenvalue weighted by Crippen LogP contribution is 2.43. The number of ether oxygens (including phenoxy) is 2. The number of carbonyl (C=O) groups excluding carboxylic acids is 1. The molecular weight excluding hydrogens is 324 g/mol. The van der Waals surface area contributed by atoms with Gasteiger partial charge in [-0.25, -0.2) is 0 Å². The van der Waals surface area contributed by atoms with E-state index in [2.05, 4.69) is 5.32 Å².